The second kappa shape index (κ2) is 8.92. The highest BCUT2D eigenvalue weighted by Gasteiger charge is 2.15. The van der Waals surface area contributed by atoms with Crippen molar-refractivity contribution < 1.29 is 23.8 Å². The maximum atomic E-state index is 11.8. The summed E-state index contributed by atoms with van der Waals surface area (Å²) in [7, 11) is 1.34. The molecular weight excluding hydrogens is 272 g/mol. The fourth-order valence-electron chi connectivity index (χ4n) is 1.51. The number of hydrogen-bond donors (Lipinski definition) is 0. The van der Waals surface area contributed by atoms with Crippen LogP contribution in [0.15, 0.2) is 36.9 Å². The molecule has 114 valence electrons. The van der Waals surface area contributed by atoms with Crippen molar-refractivity contribution in [2.75, 3.05) is 13.7 Å². The van der Waals surface area contributed by atoms with Gasteiger partial charge in [-0.3, -0.25) is 4.79 Å². The van der Waals surface area contributed by atoms with Crippen LogP contribution in [0.1, 0.15) is 18.9 Å². The van der Waals surface area contributed by atoms with Crippen LogP contribution in [0, 0.1) is 0 Å². The Labute approximate surface area is 124 Å². The average molecular weight is 292 g/mol. The van der Waals surface area contributed by atoms with E-state index >= 15 is 0 Å². The molecule has 0 radical (unpaired) electrons. The van der Waals surface area contributed by atoms with E-state index in [2.05, 4.69) is 11.3 Å². The number of methoxy groups -OCH3 is 1. The van der Waals surface area contributed by atoms with Crippen molar-refractivity contribution in [1.82, 2.24) is 0 Å². The first-order valence-corrected chi connectivity index (χ1v) is 6.66. The minimum Gasteiger partial charge on any atom is -0.469 e. The van der Waals surface area contributed by atoms with Gasteiger partial charge in [-0.1, -0.05) is 18.2 Å². The number of carbonyl (C=O) groups is 2. The molecule has 5 nitrogen and oxygen atoms in total. The number of ether oxygens (including phenoxy) is 3. The number of hydrogen-bond acceptors (Lipinski definition) is 5. The van der Waals surface area contributed by atoms with Gasteiger partial charge in [-0.05, 0) is 31.0 Å². The molecule has 1 aromatic rings. The number of esters is 2. The molecule has 1 atom stereocenters. The topological polar surface area (TPSA) is 61.8 Å². The Hall–Kier alpha value is -2.14. The lowest BCUT2D eigenvalue weighted by Gasteiger charge is -2.12. The summed E-state index contributed by atoms with van der Waals surface area (Å²) in [6, 6.07) is 6.69. The molecule has 0 aromatic heterocycles. The molecule has 5 heteroatoms. The third kappa shape index (κ3) is 6.23. The molecular formula is C16H20O5. The molecule has 1 unspecified atom stereocenters. The van der Waals surface area contributed by atoms with E-state index in [1.165, 1.54) is 7.11 Å². The average Bonchev–Trinajstić information content (AvgIpc) is 2.49. The van der Waals surface area contributed by atoms with Gasteiger partial charge in [0.2, 0.25) is 0 Å². The maximum Gasteiger partial charge on any atom is 0.340 e. The predicted octanol–water partition coefficient (Wildman–Crippen LogP) is 2.29. The fraction of sp³-hybridized carbons (Fsp3) is 0.375. The normalized spacial score (nSPS) is 11.5. The Balaban J connectivity index is 2.49. The maximum absolute atomic E-state index is 11.8. The van der Waals surface area contributed by atoms with Crippen molar-refractivity contribution in [2.24, 2.45) is 0 Å². The lowest BCUT2D eigenvalue weighted by Crippen LogP contribution is -2.26. The number of benzene rings is 1. The van der Waals surface area contributed by atoms with Crippen LogP contribution in [0.3, 0.4) is 0 Å². The zero-order valence-corrected chi connectivity index (χ0v) is 12.3. The Kier molecular flexibility index (Phi) is 7.18. The van der Waals surface area contributed by atoms with Crippen LogP contribution in [0.2, 0.25) is 0 Å². The van der Waals surface area contributed by atoms with E-state index in [1.807, 2.05) is 0 Å². The van der Waals surface area contributed by atoms with Crippen molar-refractivity contribution in [1.29, 1.82) is 0 Å². The highest BCUT2D eigenvalue weighted by atomic mass is 16.6. The zero-order chi connectivity index (χ0) is 15.7. The summed E-state index contributed by atoms with van der Waals surface area (Å²) >= 11 is 0. The summed E-state index contributed by atoms with van der Waals surface area (Å²) in [5, 5.41) is 0. The lowest BCUT2D eigenvalue weighted by molar-refractivity contribution is -0.146. The summed E-state index contributed by atoms with van der Waals surface area (Å²) in [6.45, 7) is 5.64. The molecule has 0 saturated heterocycles. The van der Waals surface area contributed by atoms with Crippen LogP contribution in [-0.2, 0) is 25.5 Å². The summed E-state index contributed by atoms with van der Waals surface area (Å²) in [5.74, 6) is -0.364. The Morgan fingerprint density at radius 3 is 2.52 bits per heavy atom. The van der Waals surface area contributed by atoms with Crippen LogP contribution < -0.4 is 4.74 Å². The molecule has 0 aliphatic carbocycles. The Bertz CT molecular complexity index is 478. The first kappa shape index (κ1) is 16.9. The molecule has 0 aliphatic rings. The highest BCUT2D eigenvalue weighted by molar-refractivity contribution is 5.77. The summed E-state index contributed by atoms with van der Waals surface area (Å²) in [5.41, 5.74) is 0.789. The third-order valence-corrected chi connectivity index (χ3v) is 2.74. The molecule has 0 fully saturated rings. The molecule has 0 heterocycles. The van der Waals surface area contributed by atoms with Crippen molar-refractivity contribution in [3.05, 3.63) is 42.5 Å². The second-order valence-electron chi connectivity index (χ2n) is 4.41. The van der Waals surface area contributed by atoms with E-state index in [9.17, 15) is 9.59 Å². The van der Waals surface area contributed by atoms with Gasteiger partial charge in [0, 0.05) is 0 Å². The van der Waals surface area contributed by atoms with Gasteiger partial charge in [-0.15, -0.1) is 6.58 Å². The largest absolute Gasteiger partial charge is 0.469 e. The molecule has 0 saturated carbocycles. The minimum absolute atomic E-state index is 0.186. The molecule has 0 amide bonds. The highest BCUT2D eigenvalue weighted by Crippen LogP contribution is 2.14. The molecule has 1 rings (SSSR count). The standard InChI is InChI=1S/C16H20O5/c1-4-5-10-20-12(2)16(18)21-14-8-6-13(7-9-14)11-15(17)19-3/h4,6-9,12H,1,5,10-11H2,2-3H3. The van der Waals surface area contributed by atoms with Gasteiger partial charge in [0.05, 0.1) is 20.1 Å². The second-order valence-corrected chi connectivity index (χ2v) is 4.41. The zero-order valence-electron chi connectivity index (χ0n) is 12.3. The quantitative estimate of drug-likeness (QED) is 0.318. The van der Waals surface area contributed by atoms with Gasteiger partial charge in [0.15, 0.2) is 6.10 Å². The SMILES string of the molecule is C=CCCOC(C)C(=O)Oc1ccc(CC(=O)OC)cc1. The van der Waals surface area contributed by atoms with Crippen molar-refractivity contribution in [2.45, 2.75) is 25.9 Å². The van der Waals surface area contributed by atoms with Crippen LogP contribution in [0.25, 0.3) is 0 Å². The number of rotatable bonds is 8. The fourth-order valence-corrected chi connectivity index (χ4v) is 1.51. The van der Waals surface area contributed by atoms with Gasteiger partial charge in [-0.2, -0.15) is 0 Å². The Morgan fingerprint density at radius 1 is 1.29 bits per heavy atom. The first-order valence-electron chi connectivity index (χ1n) is 6.66. The molecule has 21 heavy (non-hydrogen) atoms. The van der Waals surface area contributed by atoms with Gasteiger partial charge in [-0.25, -0.2) is 4.79 Å². The van der Waals surface area contributed by atoms with Crippen LogP contribution in [0.4, 0.5) is 0 Å². The summed E-state index contributed by atoms with van der Waals surface area (Å²) < 4.78 is 15.1. The van der Waals surface area contributed by atoms with Gasteiger partial charge >= 0.3 is 11.9 Å². The van der Waals surface area contributed by atoms with E-state index in [0.29, 0.717) is 18.8 Å². The Morgan fingerprint density at radius 2 is 1.95 bits per heavy atom. The summed E-state index contributed by atoms with van der Waals surface area (Å²) in [6.07, 6.45) is 1.95. The van der Waals surface area contributed by atoms with Crippen LogP contribution in [0.5, 0.6) is 5.75 Å². The van der Waals surface area contributed by atoms with E-state index in [-0.39, 0.29) is 12.4 Å². The summed E-state index contributed by atoms with van der Waals surface area (Å²) in [4.78, 5) is 22.9. The van der Waals surface area contributed by atoms with E-state index < -0.39 is 12.1 Å². The monoisotopic (exact) mass is 292 g/mol. The third-order valence-electron chi connectivity index (χ3n) is 2.74. The van der Waals surface area contributed by atoms with Gasteiger partial charge in [0.1, 0.15) is 5.75 Å². The number of carbonyl (C=O) groups excluding carboxylic acids is 2. The molecule has 0 N–H and O–H groups in total. The molecule has 1 aromatic carbocycles. The van der Waals surface area contributed by atoms with Crippen molar-refractivity contribution >= 4 is 11.9 Å². The van der Waals surface area contributed by atoms with E-state index in [1.54, 1.807) is 37.3 Å². The molecule has 0 bridgehead atoms. The van der Waals surface area contributed by atoms with Crippen LogP contribution >= 0.6 is 0 Å². The molecule has 0 aliphatic heterocycles. The van der Waals surface area contributed by atoms with Crippen molar-refractivity contribution in [3.8, 4) is 5.75 Å². The van der Waals surface area contributed by atoms with E-state index in [0.717, 1.165) is 5.56 Å². The minimum atomic E-state index is -0.639. The van der Waals surface area contributed by atoms with Gasteiger partial charge < -0.3 is 14.2 Å². The van der Waals surface area contributed by atoms with E-state index in [4.69, 9.17) is 9.47 Å². The molecule has 0 spiro atoms. The first-order chi connectivity index (χ1) is 10.1. The van der Waals surface area contributed by atoms with Crippen molar-refractivity contribution in [3.63, 3.8) is 0 Å². The van der Waals surface area contributed by atoms with Gasteiger partial charge in [0.25, 0.3) is 0 Å². The van der Waals surface area contributed by atoms with Crippen LogP contribution in [-0.4, -0.2) is 31.8 Å². The smallest absolute Gasteiger partial charge is 0.340 e. The predicted molar refractivity (Wildman–Crippen MR) is 78.0 cm³/mol. The lowest BCUT2D eigenvalue weighted by atomic mass is 10.1.